The molecule has 0 radical (unpaired) electrons. The summed E-state index contributed by atoms with van der Waals surface area (Å²) in [7, 11) is 0. The summed E-state index contributed by atoms with van der Waals surface area (Å²) in [5, 5.41) is 14.6. The summed E-state index contributed by atoms with van der Waals surface area (Å²) < 4.78 is 14.9. The zero-order valence-electron chi connectivity index (χ0n) is 17.3. The van der Waals surface area contributed by atoms with E-state index in [1.54, 1.807) is 0 Å². The normalized spacial score (nSPS) is 11.7. The summed E-state index contributed by atoms with van der Waals surface area (Å²) in [5.41, 5.74) is 1.40. The number of carbonyl (C=O) groups is 2. The number of aromatic nitrogens is 3. The third-order valence-corrected chi connectivity index (χ3v) is 5.60. The quantitative estimate of drug-likeness (QED) is 0.497. The number of halogens is 1. The predicted molar refractivity (Wildman–Crippen MR) is 117 cm³/mol. The minimum absolute atomic E-state index is 0.0874. The van der Waals surface area contributed by atoms with Crippen molar-refractivity contribution in [3.63, 3.8) is 0 Å². The van der Waals surface area contributed by atoms with Crippen LogP contribution >= 0.6 is 11.8 Å². The van der Waals surface area contributed by atoms with Crippen LogP contribution < -0.4 is 10.6 Å². The first-order valence-corrected chi connectivity index (χ1v) is 10.9. The number of carbonyl (C=O) groups excluding carboxylic acids is 2. The monoisotopic (exact) mass is 441 g/mol. The number of nitrogens with one attached hydrogen (secondary N) is 2. The second kappa shape index (κ2) is 10.7. The average molecular weight is 442 g/mol. The number of rotatable bonds is 9. The molecule has 0 aliphatic rings. The van der Waals surface area contributed by atoms with Gasteiger partial charge in [0.2, 0.25) is 5.91 Å². The minimum Gasteiger partial charge on any atom is -0.349 e. The van der Waals surface area contributed by atoms with Crippen molar-refractivity contribution in [1.29, 1.82) is 0 Å². The summed E-state index contributed by atoms with van der Waals surface area (Å²) in [5.74, 6) is -0.0333. The van der Waals surface area contributed by atoms with E-state index in [1.165, 1.54) is 36.0 Å². The fourth-order valence-corrected chi connectivity index (χ4v) is 3.81. The van der Waals surface area contributed by atoms with Crippen LogP contribution in [0.3, 0.4) is 0 Å². The van der Waals surface area contributed by atoms with Gasteiger partial charge >= 0.3 is 0 Å². The second-order valence-electron chi connectivity index (χ2n) is 6.82. The Balaban J connectivity index is 1.54. The highest BCUT2D eigenvalue weighted by molar-refractivity contribution is 7.99. The van der Waals surface area contributed by atoms with Crippen molar-refractivity contribution in [3.8, 4) is 0 Å². The molecule has 162 valence electrons. The van der Waals surface area contributed by atoms with Crippen molar-refractivity contribution in [2.45, 2.75) is 38.1 Å². The van der Waals surface area contributed by atoms with Gasteiger partial charge in [0, 0.05) is 12.1 Å². The fourth-order valence-electron chi connectivity index (χ4n) is 2.98. The third kappa shape index (κ3) is 6.14. The van der Waals surface area contributed by atoms with E-state index in [9.17, 15) is 14.0 Å². The van der Waals surface area contributed by atoms with Crippen LogP contribution in [0.2, 0.25) is 0 Å². The lowest BCUT2D eigenvalue weighted by molar-refractivity contribution is -0.119. The zero-order valence-corrected chi connectivity index (χ0v) is 18.2. The van der Waals surface area contributed by atoms with Gasteiger partial charge in [-0.2, -0.15) is 0 Å². The van der Waals surface area contributed by atoms with Gasteiger partial charge in [0.05, 0.1) is 18.3 Å². The van der Waals surface area contributed by atoms with Gasteiger partial charge in [0.1, 0.15) is 5.82 Å². The highest BCUT2D eigenvalue weighted by Crippen LogP contribution is 2.18. The van der Waals surface area contributed by atoms with Crippen LogP contribution in [0.25, 0.3) is 0 Å². The molecule has 3 rings (SSSR count). The van der Waals surface area contributed by atoms with Crippen LogP contribution in [0, 0.1) is 5.82 Å². The fraction of sp³-hybridized carbons (Fsp3) is 0.273. The first kappa shape index (κ1) is 22.5. The van der Waals surface area contributed by atoms with Gasteiger partial charge in [0.15, 0.2) is 11.0 Å². The Morgan fingerprint density at radius 3 is 2.48 bits per heavy atom. The largest absolute Gasteiger partial charge is 0.349 e. The highest BCUT2D eigenvalue weighted by atomic mass is 32.2. The molecule has 9 heteroatoms. The zero-order chi connectivity index (χ0) is 22.2. The molecule has 0 aliphatic carbocycles. The first-order valence-electron chi connectivity index (χ1n) is 9.91. The van der Waals surface area contributed by atoms with Gasteiger partial charge in [-0.25, -0.2) is 4.39 Å². The van der Waals surface area contributed by atoms with Crippen LogP contribution in [0.15, 0.2) is 59.8 Å². The van der Waals surface area contributed by atoms with E-state index in [2.05, 4.69) is 20.8 Å². The maximum atomic E-state index is 13.0. The van der Waals surface area contributed by atoms with Gasteiger partial charge in [-0.3, -0.25) is 9.59 Å². The molecule has 3 aromatic rings. The summed E-state index contributed by atoms with van der Waals surface area (Å²) in [6.45, 7) is 4.65. The molecule has 0 saturated heterocycles. The molecule has 2 amide bonds. The van der Waals surface area contributed by atoms with Crippen LogP contribution in [-0.4, -0.2) is 32.3 Å². The number of hydrogen-bond acceptors (Lipinski definition) is 5. The van der Waals surface area contributed by atoms with Crippen molar-refractivity contribution in [2.75, 3.05) is 5.75 Å². The van der Waals surface area contributed by atoms with Crippen molar-refractivity contribution in [1.82, 2.24) is 25.4 Å². The lowest BCUT2D eigenvalue weighted by Crippen LogP contribution is -2.28. The van der Waals surface area contributed by atoms with E-state index in [1.807, 2.05) is 48.7 Å². The molecule has 2 N–H and O–H groups in total. The second-order valence-corrected chi connectivity index (χ2v) is 7.76. The number of hydrogen-bond donors (Lipinski definition) is 2. The van der Waals surface area contributed by atoms with Crippen LogP contribution in [-0.2, 0) is 17.9 Å². The van der Waals surface area contributed by atoms with Crippen molar-refractivity contribution in [2.24, 2.45) is 0 Å². The Labute approximate surface area is 184 Å². The Kier molecular flexibility index (Phi) is 7.77. The van der Waals surface area contributed by atoms with Gasteiger partial charge in [-0.15, -0.1) is 10.2 Å². The van der Waals surface area contributed by atoms with Gasteiger partial charge in [-0.05, 0) is 43.7 Å². The van der Waals surface area contributed by atoms with Crippen molar-refractivity contribution in [3.05, 3.63) is 77.4 Å². The molecule has 0 bridgehead atoms. The molecule has 0 spiro atoms. The number of amides is 2. The van der Waals surface area contributed by atoms with Crippen LogP contribution in [0.4, 0.5) is 4.39 Å². The molecular formula is C22H24FN5O2S. The van der Waals surface area contributed by atoms with E-state index >= 15 is 0 Å². The van der Waals surface area contributed by atoms with Gasteiger partial charge < -0.3 is 15.2 Å². The van der Waals surface area contributed by atoms with Crippen LogP contribution in [0.1, 0.15) is 41.6 Å². The lowest BCUT2D eigenvalue weighted by Gasteiger charge is -2.14. The number of benzene rings is 2. The topological polar surface area (TPSA) is 88.9 Å². The lowest BCUT2D eigenvalue weighted by atomic mass is 10.1. The predicted octanol–water partition coefficient (Wildman–Crippen LogP) is 3.34. The smallest absolute Gasteiger partial charge is 0.251 e. The molecule has 1 unspecified atom stereocenters. The molecule has 0 fully saturated rings. The molecule has 1 atom stereocenters. The number of thioether (sulfide) groups is 1. The first-order chi connectivity index (χ1) is 15.0. The summed E-state index contributed by atoms with van der Waals surface area (Å²) in [6.07, 6.45) is 0. The summed E-state index contributed by atoms with van der Waals surface area (Å²) >= 11 is 1.29. The van der Waals surface area contributed by atoms with Crippen molar-refractivity contribution >= 4 is 23.6 Å². The molecular weight excluding hydrogens is 417 g/mol. The number of nitrogens with zero attached hydrogens (tertiary/aromatic N) is 3. The minimum atomic E-state index is -0.397. The SMILES string of the molecule is CCn1c(CNC(=O)c2ccc(F)cc2)nnc1SCC(=O)NC(C)c1ccccc1. The molecule has 0 saturated carbocycles. The highest BCUT2D eigenvalue weighted by Gasteiger charge is 2.15. The Hall–Kier alpha value is -3.20. The molecule has 0 aliphatic heterocycles. The maximum Gasteiger partial charge on any atom is 0.251 e. The summed E-state index contributed by atoms with van der Waals surface area (Å²) in [6, 6.07) is 15.0. The van der Waals surface area contributed by atoms with E-state index in [4.69, 9.17) is 0 Å². The van der Waals surface area contributed by atoms with E-state index in [-0.39, 0.29) is 30.2 Å². The van der Waals surface area contributed by atoms with E-state index < -0.39 is 5.82 Å². The Morgan fingerprint density at radius 2 is 1.81 bits per heavy atom. The maximum absolute atomic E-state index is 13.0. The summed E-state index contributed by atoms with van der Waals surface area (Å²) in [4.78, 5) is 24.6. The Morgan fingerprint density at radius 1 is 1.10 bits per heavy atom. The third-order valence-electron chi connectivity index (χ3n) is 4.63. The van der Waals surface area contributed by atoms with E-state index in [0.717, 1.165) is 5.56 Å². The van der Waals surface area contributed by atoms with E-state index in [0.29, 0.717) is 23.1 Å². The molecule has 2 aromatic carbocycles. The van der Waals surface area contributed by atoms with Crippen LogP contribution in [0.5, 0.6) is 0 Å². The van der Waals surface area contributed by atoms with Gasteiger partial charge in [-0.1, -0.05) is 42.1 Å². The molecule has 1 heterocycles. The molecule has 1 aromatic heterocycles. The Bertz CT molecular complexity index is 1020. The average Bonchev–Trinajstić information content (AvgIpc) is 3.18. The standard InChI is InChI=1S/C22H24FN5O2S/c1-3-28-19(13-24-21(30)17-9-11-18(23)12-10-17)26-27-22(28)31-14-20(29)25-15(2)16-7-5-4-6-8-16/h4-12,15H,3,13-14H2,1-2H3,(H,24,30)(H,25,29). The molecule has 31 heavy (non-hydrogen) atoms. The molecule has 7 nitrogen and oxygen atoms in total. The van der Waals surface area contributed by atoms with Gasteiger partial charge in [0.25, 0.3) is 5.91 Å². The van der Waals surface area contributed by atoms with Crippen molar-refractivity contribution < 1.29 is 14.0 Å².